The van der Waals surface area contributed by atoms with Crippen molar-refractivity contribution in [3.63, 3.8) is 0 Å². The van der Waals surface area contributed by atoms with Gasteiger partial charge in [-0.2, -0.15) is 0 Å². The van der Waals surface area contributed by atoms with E-state index in [2.05, 4.69) is 0 Å². The third-order valence-electron chi connectivity index (χ3n) is 2.98. The van der Waals surface area contributed by atoms with Crippen molar-refractivity contribution in [2.24, 2.45) is 0 Å². The van der Waals surface area contributed by atoms with Crippen molar-refractivity contribution >= 4 is 11.9 Å². The molecule has 5 heteroatoms. The Balaban J connectivity index is 2.11. The Bertz CT molecular complexity index is 424. The van der Waals surface area contributed by atoms with Crippen LogP contribution in [-0.2, 0) is 11.3 Å². The molecule has 1 saturated heterocycles. The first-order valence-electron chi connectivity index (χ1n) is 5.76. The predicted octanol–water partition coefficient (Wildman–Crippen LogP) is 1.88. The minimum Gasteiger partial charge on any atom is -0.478 e. The third kappa shape index (κ3) is 2.67. The van der Waals surface area contributed by atoms with E-state index in [1.807, 2.05) is 0 Å². The molecule has 1 aromatic rings. The van der Waals surface area contributed by atoms with Crippen LogP contribution in [-0.4, -0.2) is 28.4 Å². The molecule has 0 unspecified atom stereocenters. The largest absolute Gasteiger partial charge is 0.478 e. The van der Waals surface area contributed by atoms with E-state index in [1.54, 1.807) is 4.90 Å². The molecule has 1 aliphatic rings. The van der Waals surface area contributed by atoms with Crippen LogP contribution < -0.4 is 0 Å². The molecular formula is C12H15NO4. The Kier molecular flexibility index (Phi) is 3.46. The van der Waals surface area contributed by atoms with Crippen molar-refractivity contribution in [1.82, 2.24) is 4.90 Å². The quantitative estimate of drug-likeness (QED) is 0.871. The van der Waals surface area contributed by atoms with Gasteiger partial charge in [0.2, 0.25) is 5.91 Å². The second kappa shape index (κ2) is 5.03. The molecule has 2 heterocycles. The van der Waals surface area contributed by atoms with Crippen molar-refractivity contribution < 1.29 is 19.1 Å². The summed E-state index contributed by atoms with van der Waals surface area (Å²) in [4.78, 5) is 24.3. The van der Waals surface area contributed by atoms with Gasteiger partial charge in [0, 0.05) is 13.0 Å². The molecule has 0 aromatic carbocycles. The lowest BCUT2D eigenvalue weighted by atomic mass is 10.2. The highest BCUT2D eigenvalue weighted by atomic mass is 16.4. The van der Waals surface area contributed by atoms with Crippen molar-refractivity contribution in [3.05, 3.63) is 23.7 Å². The Morgan fingerprint density at radius 2 is 2.24 bits per heavy atom. The summed E-state index contributed by atoms with van der Waals surface area (Å²) in [6.07, 6.45) is 4.82. The fourth-order valence-corrected chi connectivity index (χ4v) is 2.03. The lowest BCUT2D eigenvalue weighted by Crippen LogP contribution is -2.30. The number of aromatic carboxylic acids is 1. The zero-order chi connectivity index (χ0) is 12.3. The fourth-order valence-electron chi connectivity index (χ4n) is 2.03. The average molecular weight is 237 g/mol. The van der Waals surface area contributed by atoms with Crippen LogP contribution in [0.15, 0.2) is 16.7 Å². The first kappa shape index (κ1) is 11.7. The van der Waals surface area contributed by atoms with Crippen molar-refractivity contribution in [1.29, 1.82) is 0 Å². The smallest absolute Gasteiger partial charge is 0.339 e. The summed E-state index contributed by atoms with van der Waals surface area (Å²) in [7, 11) is 0. The predicted molar refractivity (Wildman–Crippen MR) is 59.6 cm³/mol. The number of likely N-dealkylation sites (tertiary alicyclic amines) is 1. The number of nitrogens with zero attached hydrogens (tertiary/aromatic N) is 1. The maximum absolute atomic E-state index is 11.8. The number of rotatable bonds is 3. The number of furan rings is 1. The molecule has 17 heavy (non-hydrogen) atoms. The second-order valence-electron chi connectivity index (χ2n) is 4.19. The van der Waals surface area contributed by atoms with E-state index in [-0.39, 0.29) is 18.0 Å². The van der Waals surface area contributed by atoms with E-state index in [4.69, 9.17) is 9.52 Å². The van der Waals surface area contributed by atoms with Gasteiger partial charge in [-0.25, -0.2) is 4.79 Å². The lowest BCUT2D eigenvalue weighted by Gasteiger charge is -2.19. The molecule has 1 fully saturated rings. The molecule has 2 rings (SSSR count). The summed E-state index contributed by atoms with van der Waals surface area (Å²) in [6, 6.07) is 1.42. The second-order valence-corrected chi connectivity index (χ2v) is 4.19. The fraction of sp³-hybridized carbons (Fsp3) is 0.500. The SMILES string of the molecule is O=C(O)c1ccoc1CN1CCCCCC1=O. The number of hydrogen-bond acceptors (Lipinski definition) is 3. The van der Waals surface area contributed by atoms with Gasteiger partial charge in [0.15, 0.2) is 0 Å². The minimum absolute atomic E-state index is 0.0789. The average Bonchev–Trinajstić information content (AvgIpc) is 2.66. The number of carbonyl (C=O) groups is 2. The molecule has 1 aromatic heterocycles. The van der Waals surface area contributed by atoms with Gasteiger partial charge in [-0.3, -0.25) is 4.79 Å². The molecule has 0 bridgehead atoms. The van der Waals surface area contributed by atoms with Crippen LogP contribution in [0.3, 0.4) is 0 Å². The lowest BCUT2D eigenvalue weighted by molar-refractivity contribution is -0.131. The van der Waals surface area contributed by atoms with Crippen LogP contribution in [0.5, 0.6) is 0 Å². The Labute approximate surface area is 99.0 Å². The van der Waals surface area contributed by atoms with Gasteiger partial charge in [0.25, 0.3) is 0 Å². The summed E-state index contributed by atoms with van der Waals surface area (Å²) >= 11 is 0. The molecule has 1 amide bonds. The van der Waals surface area contributed by atoms with Crippen LogP contribution in [0.1, 0.15) is 41.8 Å². The van der Waals surface area contributed by atoms with E-state index < -0.39 is 5.97 Å². The summed E-state index contributed by atoms with van der Waals surface area (Å²) in [6.45, 7) is 0.937. The maximum atomic E-state index is 11.8. The van der Waals surface area contributed by atoms with Gasteiger partial charge in [-0.1, -0.05) is 6.42 Å². The van der Waals surface area contributed by atoms with Gasteiger partial charge >= 0.3 is 5.97 Å². The van der Waals surface area contributed by atoms with Crippen LogP contribution >= 0.6 is 0 Å². The van der Waals surface area contributed by atoms with E-state index in [1.165, 1.54) is 12.3 Å². The Morgan fingerprint density at radius 1 is 1.41 bits per heavy atom. The molecule has 0 saturated carbocycles. The van der Waals surface area contributed by atoms with Crippen LogP contribution in [0.4, 0.5) is 0 Å². The highest BCUT2D eigenvalue weighted by molar-refractivity contribution is 5.88. The van der Waals surface area contributed by atoms with Crippen molar-refractivity contribution in [2.45, 2.75) is 32.2 Å². The standard InChI is InChI=1S/C12H15NO4/c14-11-4-2-1-3-6-13(11)8-10-9(12(15)16)5-7-17-10/h5,7H,1-4,6,8H2,(H,15,16). The van der Waals surface area contributed by atoms with Gasteiger partial charge in [0.05, 0.1) is 12.8 Å². The van der Waals surface area contributed by atoms with Crippen LogP contribution in [0.25, 0.3) is 0 Å². The summed E-state index contributed by atoms with van der Waals surface area (Å²) in [5, 5.41) is 8.94. The Hall–Kier alpha value is -1.78. The zero-order valence-corrected chi connectivity index (χ0v) is 9.52. The summed E-state index contributed by atoms with van der Waals surface area (Å²) in [5.41, 5.74) is 0.141. The summed E-state index contributed by atoms with van der Waals surface area (Å²) < 4.78 is 5.14. The first-order valence-corrected chi connectivity index (χ1v) is 5.76. The maximum Gasteiger partial charge on any atom is 0.339 e. The minimum atomic E-state index is -1.02. The molecule has 0 spiro atoms. The van der Waals surface area contributed by atoms with E-state index in [0.29, 0.717) is 18.7 Å². The van der Waals surface area contributed by atoms with E-state index in [9.17, 15) is 9.59 Å². The topological polar surface area (TPSA) is 70.8 Å². The normalized spacial score (nSPS) is 16.9. The number of carboxylic acids is 1. The highest BCUT2D eigenvalue weighted by Crippen LogP contribution is 2.17. The van der Waals surface area contributed by atoms with Gasteiger partial charge in [-0.05, 0) is 18.9 Å². The monoisotopic (exact) mass is 237 g/mol. The van der Waals surface area contributed by atoms with Crippen molar-refractivity contribution in [2.75, 3.05) is 6.54 Å². The van der Waals surface area contributed by atoms with Crippen LogP contribution in [0.2, 0.25) is 0 Å². The van der Waals surface area contributed by atoms with Crippen molar-refractivity contribution in [3.8, 4) is 0 Å². The molecule has 92 valence electrons. The van der Waals surface area contributed by atoms with E-state index >= 15 is 0 Å². The molecule has 1 aliphatic heterocycles. The zero-order valence-electron chi connectivity index (χ0n) is 9.52. The van der Waals surface area contributed by atoms with E-state index in [0.717, 1.165) is 19.3 Å². The summed E-state index contributed by atoms with van der Waals surface area (Å²) in [5.74, 6) is -0.584. The first-order chi connectivity index (χ1) is 8.18. The molecule has 0 atom stereocenters. The molecule has 5 nitrogen and oxygen atoms in total. The molecule has 0 radical (unpaired) electrons. The van der Waals surface area contributed by atoms with Gasteiger partial charge in [0.1, 0.15) is 11.3 Å². The molecule has 1 N–H and O–H groups in total. The highest BCUT2D eigenvalue weighted by Gasteiger charge is 2.21. The third-order valence-corrected chi connectivity index (χ3v) is 2.98. The number of amides is 1. The van der Waals surface area contributed by atoms with Gasteiger partial charge < -0.3 is 14.4 Å². The van der Waals surface area contributed by atoms with Crippen LogP contribution in [0, 0.1) is 0 Å². The molecule has 0 aliphatic carbocycles. The number of hydrogen-bond donors (Lipinski definition) is 1. The number of carboxylic acid groups (broad SMARTS) is 1. The molecular weight excluding hydrogens is 222 g/mol. The Morgan fingerprint density at radius 3 is 3.00 bits per heavy atom. The van der Waals surface area contributed by atoms with Gasteiger partial charge in [-0.15, -0.1) is 0 Å². The number of carbonyl (C=O) groups excluding carboxylic acids is 1.